The summed E-state index contributed by atoms with van der Waals surface area (Å²) in [6.45, 7) is 11.2. The van der Waals surface area contributed by atoms with Gasteiger partial charge in [-0.1, -0.05) is 24.3 Å². The van der Waals surface area contributed by atoms with Crippen LogP contribution in [0.5, 0.6) is 0 Å². The Bertz CT molecular complexity index is 695. The first-order valence-electron chi connectivity index (χ1n) is 11.6. The molecule has 2 fully saturated rings. The van der Waals surface area contributed by atoms with E-state index in [9.17, 15) is 0 Å². The summed E-state index contributed by atoms with van der Waals surface area (Å²) < 4.78 is 5.53. The monoisotopic (exact) mass is 411 g/mol. The number of anilines is 1. The molecular formula is C24H37N5O. The molecule has 6 nitrogen and oxygen atoms in total. The average Bonchev–Trinajstić information content (AvgIpc) is 3.48. The number of likely N-dealkylation sites (tertiary alicyclic amines) is 1. The van der Waals surface area contributed by atoms with Crippen LogP contribution in [0.2, 0.25) is 0 Å². The number of guanidine groups is 1. The van der Waals surface area contributed by atoms with Gasteiger partial charge in [-0.15, -0.1) is 0 Å². The van der Waals surface area contributed by atoms with Crippen molar-refractivity contribution in [3.8, 4) is 0 Å². The molecule has 2 N–H and O–H groups in total. The van der Waals surface area contributed by atoms with Gasteiger partial charge in [-0.3, -0.25) is 0 Å². The predicted octanol–water partition coefficient (Wildman–Crippen LogP) is 2.62. The molecule has 30 heavy (non-hydrogen) atoms. The van der Waals surface area contributed by atoms with Gasteiger partial charge in [0.15, 0.2) is 5.96 Å². The lowest BCUT2D eigenvalue weighted by atomic mass is 10.0. The molecule has 0 spiro atoms. The first-order chi connectivity index (χ1) is 14.8. The zero-order chi connectivity index (χ0) is 20.6. The van der Waals surface area contributed by atoms with Crippen molar-refractivity contribution in [1.82, 2.24) is 15.5 Å². The molecule has 1 unspecified atom stereocenters. The number of piperidine rings is 1. The molecule has 4 rings (SSSR count). The van der Waals surface area contributed by atoms with Gasteiger partial charge >= 0.3 is 0 Å². The summed E-state index contributed by atoms with van der Waals surface area (Å²) in [4.78, 5) is 9.82. The van der Waals surface area contributed by atoms with E-state index in [0.29, 0.717) is 12.6 Å². The summed E-state index contributed by atoms with van der Waals surface area (Å²) >= 11 is 0. The summed E-state index contributed by atoms with van der Waals surface area (Å²) in [6.07, 6.45) is 8.03. The van der Waals surface area contributed by atoms with Crippen LogP contribution in [0.3, 0.4) is 0 Å². The van der Waals surface area contributed by atoms with Crippen LogP contribution in [0.25, 0.3) is 0 Å². The Morgan fingerprint density at radius 3 is 2.53 bits per heavy atom. The number of nitrogens with zero attached hydrogens (tertiary/aromatic N) is 3. The molecule has 3 aliphatic rings. The molecule has 0 bridgehead atoms. The Balaban J connectivity index is 1.24. The van der Waals surface area contributed by atoms with E-state index in [1.165, 1.54) is 50.1 Å². The van der Waals surface area contributed by atoms with E-state index in [1.807, 2.05) is 0 Å². The third-order valence-corrected chi connectivity index (χ3v) is 6.35. The van der Waals surface area contributed by atoms with Gasteiger partial charge in [-0.05, 0) is 49.8 Å². The standard InChI is InChI=1S/C24H37N5O/c1-2-25-24(26-17-20-5-7-23(8-6-20)29-12-3-4-13-29)27-22-9-14-28(15-10-22)18-21-11-16-30-19-21/h3-8,21-22H,2,9-19H2,1H3,(H2,25,26,27). The fourth-order valence-corrected chi connectivity index (χ4v) is 4.54. The molecule has 3 heterocycles. The van der Waals surface area contributed by atoms with Crippen LogP contribution >= 0.6 is 0 Å². The number of benzene rings is 1. The van der Waals surface area contributed by atoms with E-state index < -0.39 is 0 Å². The molecule has 0 radical (unpaired) electrons. The van der Waals surface area contributed by atoms with Crippen molar-refractivity contribution in [3.63, 3.8) is 0 Å². The van der Waals surface area contributed by atoms with E-state index in [1.54, 1.807) is 0 Å². The number of aliphatic imine (C=N–C) groups is 1. The largest absolute Gasteiger partial charge is 0.381 e. The maximum Gasteiger partial charge on any atom is 0.191 e. The number of ether oxygens (including phenoxy) is 1. The number of rotatable bonds is 7. The minimum Gasteiger partial charge on any atom is -0.381 e. The highest BCUT2D eigenvalue weighted by atomic mass is 16.5. The Morgan fingerprint density at radius 2 is 1.87 bits per heavy atom. The van der Waals surface area contributed by atoms with Crippen LogP contribution in [-0.2, 0) is 11.3 Å². The second kappa shape index (κ2) is 10.8. The summed E-state index contributed by atoms with van der Waals surface area (Å²) in [6, 6.07) is 9.33. The lowest BCUT2D eigenvalue weighted by Crippen LogP contribution is -2.49. The van der Waals surface area contributed by atoms with Crippen molar-refractivity contribution in [2.75, 3.05) is 57.4 Å². The second-order valence-electron chi connectivity index (χ2n) is 8.69. The fraction of sp³-hybridized carbons (Fsp3) is 0.625. The maximum absolute atomic E-state index is 5.53. The molecule has 164 valence electrons. The second-order valence-corrected chi connectivity index (χ2v) is 8.69. The van der Waals surface area contributed by atoms with Crippen LogP contribution in [0, 0.1) is 5.92 Å². The van der Waals surface area contributed by atoms with Gasteiger partial charge in [0.05, 0.1) is 13.2 Å². The summed E-state index contributed by atoms with van der Waals surface area (Å²) in [5.74, 6) is 1.68. The van der Waals surface area contributed by atoms with Crippen LogP contribution in [0.1, 0.15) is 31.7 Å². The molecule has 3 aliphatic heterocycles. The van der Waals surface area contributed by atoms with Crippen molar-refractivity contribution >= 4 is 11.6 Å². The minimum atomic E-state index is 0.504. The van der Waals surface area contributed by atoms with Crippen LogP contribution in [0.4, 0.5) is 5.69 Å². The fourth-order valence-electron chi connectivity index (χ4n) is 4.54. The van der Waals surface area contributed by atoms with E-state index in [-0.39, 0.29) is 0 Å². The molecular weight excluding hydrogens is 374 g/mol. The Kier molecular flexibility index (Phi) is 7.65. The van der Waals surface area contributed by atoms with Gasteiger partial charge in [0, 0.05) is 57.6 Å². The lowest BCUT2D eigenvalue weighted by molar-refractivity contribution is 0.150. The molecule has 0 aliphatic carbocycles. The van der Waals surface area contributed by atoms with E-state index in [2.05, 4.69) is 63.8 Å². The maximum atomic E-state index is 5.53. The van der Waals surface area contributed by atoms with E-state index in [0.717, 1.165) is 44.7 Å². The van der Waals surface area contributed by atoms with Gasteiger partial charge in [0.1, 0.15) is 0 Å². The molecule has 1 atom stereocenters. The quantitative estimate of drug-likeness (QED) is 0.410. The van der Waals surface area contributed by atoms with Gasteiger partial charge < -0.3 is 25.2 Å². The summed E-state index contributed by atoms with van der Waals surface area (Å²) in [7, 11) is 0. The molecule has 6 heteroatoms. The van der Waals surface area contributed by atoms with Gasteiger partial charge in [-0.2, -0.15) is 0 Å². The summed E-state index contributed by atoms with van der Waals surface area (Å²) in [5, 5.41) is 7.09. The first kappa shape index (κ1) is 21.2. The smallest absolute Gasteiger partial charge is 0.191 e. The van der Waals surface area contributed by atoms with Crippen molar-refractivity contribution < 1.29 is 4.74 Å². The lowest BCUT2D eigenvalue weighted by Gasteiger charge is -2.34. The molecule has 0 saturated carbocycles. The first-order valence-corrected chi connectivity index (χ1v) is 11.6. The highest BCUT2D eigenvalue weighted by Gasteiger charge is 2.24. The third kappa shape index (κ3) is 5.99. The number of hydrogen-bond acceptors (Lipinski definition) is 4. The normalized spacial score (nSPS) is 23.3. The highest BCUT2D eigenvalue weighted by molar-refractivity contribution is 5.80. The van der Waals surface area contributed by atoms with E-state index in [4.69, 9.17) is 9.73 Å². The number of hydrogen-bond donors (Lipinski definition) is 2. The topological polar surface area (TPSA) is 52.1 Å². The van der Waals surface area contributed by atoms with Crippen molar-refractivity contribution in [3.05, 3.63) is 42.0 Å². The molecule has 0 amide bonds. The molecule has 1 aromatic carbocycles. The minimum absolute atomic E-state index is 0.504. The third-order valence-electron chi connectivity index (χ3n) is 6.35. The molecule has 0 aromatic heterocycles. The van der Waals surface area contributed by atoms with Crippen LogP contribution in [-0.4, -0.2) is 69.4 Å². The predicted molar refractivity (Wildman–Crippen MR) is 124 cm³/mol. The van der Waals surface area contributed by atoms with Crippen LogP contribution < -0.4 is 15.5 Å². The Morgan fingerprint density at radius 1 is 1.10 bits per heavy atom. The van der Waals surface area contributed by atoms with Crippen molar-refractivity contribution in [1.29, 1.82) is 0 Å². The zero-order valence-corrected chi connectivity index (χ0v) is 18.4. The van der Waals surface area contributed by atoms with Crippen LogP contribution in [0.15, 0.2) is 41.4 Å². The van der Waals surface area contributed by atoms with Crippen molar-refractivity contribution in [2.45, 2.75) is 38.8 Å². The Labute approximate surface area is 181 Å². The SMILES string of the molecule is CCNC(=NCc1ccc(N2CC=CC2)cc1)NC1CCN(CC2CCOC2)CC1. The van der Waals surface area contributed by atoms with Gasteiger partial charge in [-0.25, -0.2) is 4.99 Å². The summed E-state index contributed by atoms with van der Waals surface area (Å²) in [5.41, 5.74) is 2.53. The van der Waals surface area contributed by atoms with Crippen molar-refractivity contribution in [2.24, 2.45) is 10.9 Å². The zero-order valence-electron chi connectivity index (χ0n) is 18.4. The van der Waals surface area contributed by atoms with E-state index >= 15 is 0 Å². The molecule has 2 saturated heterocycles. The highest BCUT2D eigenvalue weighted by Crippen LogP contribution is 2.19. The molecule has 1 aromatic rings. The Hall–Kier alpha value is -2.05. The number of nitrogens with one attached hydrogen (secondary N) is 2. The van der Waals surface area contributed by atoms with Gasteiger partial charge in [0.2, 0.25) is 0 Å². The average molecular weight is 412 g/mol. The van der Waals surface area contributed by atoms with Gasteiger partial charge in [0.25, 0.3) is 0 Å².